The van der Waals surface area contributed by atoms with E-state index in [1.807, 2.05) is 31.7 Å². The minimum atomic E-state index is -3.55. The van der Waals surface area contributed by atoms with E-state index in [1.165, 1.54) is 4.31 Å². The third kappa shape index (κ3) is 6.13. The Bertz CT molecular complexity index is 1010. The van der Waals surface area contributed by atoms with E-state index < -0.39 is 10.0 Å². The molecule has 0 fully saturated rings. The number of nitrogens with zero attached hydrogens (tertiary/aromatic N) is 4. The van der Waals surface area contributed by atoms with Gasteiger partial charge in [0.05, 0.1) is 22.5 Å². The van der Waals surface area contributed by atoms with Crippen molar-refractivity contribution < 1.29 is 17.9 Å². The molecule has 0 aliphatic heterocycles. The van der Waals surface area contributed by atoms with Gasteiger partial charge in [-0.25, -0.2) is 13.4 Å². The predicted molar refractivity (Wildman–Crippen MR) is 132 cm³/mol. The molecule has 0 radical (unpaired) electrons. The van der Waals surface area contributed by atoms with Crippen molar-refractivity contribution in [1.29, 1.82) is 0 Å². The quantitative estimate of drug-likeness (QED) is 0.412. The van der Waals surface area contributed by atoms with Crippen LogP contribution >= 0.6 is 0 Å². The second kappa shape index (κ2) is 12.5. The summed E-state index contributed by atoms with van der Waals surface area (Å²) in [6.07, 6.45) is 2.67. The molecule has 0 bridgehead atoms. The van der Waals surface area contributed by atoms with Crippen LogP contribution in [0.2, 0.25) is 0 Å². The summed E-state index contributed by atoms with van der Waals surface area (Å²) in [5.41, 5.74) is 1.53. The van der Waals surface area contributed by atoms with Gasteiger partial charge >= 0.3 is 0 Å². The van der Waals surface area contributed by atoms with Gasteiger partial charge in [-0.05, 0) is 38.0 Å². The fraction of sp³-hybridized carbons (Fsp3) is 0.667. The summed E-state index contributed by atoms with van der Waals surface area (Å²) < 4.78 is 34.6. The number of hydrogen-bond donors (Lipinski definition) is 0. The van der Waals surface area contributed by atoms with Crippen molar-refractivity contribution in [3.8, 4) is 0 Å². The maximum atomic E-state index is 13.1. The average Bonchev–Trinajstić information content (AvgIpc) is 3.17. The highest BCUT2D eigenvalue weighted by Gasteiger charge is 2.24. The molecule has 1 aromatic carbocycles. The molecule has 33 heavy (non-hydrogen) atoms. The van der Waals surface area contributed by atoms with E-state index in [0.717, 1.165) is 24.2 Å². The molecular weight excluding hydrogens is 440 g/mol. The lowest BCUT2D eigenvalue weighted by Crippen LogP contribution is -2.42. The average molecular weight is 481 g/mol. The van der Waals surface area contributed by atoms with Crippen LogP contribution < -0.4 is 0 Å². The summed E-state index contributed by atoms with van der Waals surface area (Å²) in [6.45, 7) is 12.5. The highest BCUT2D eigenvalue weighted by Crippen LogP contribution is 2.24. The fourth-order valence-corrected chi connectivity index (χ4v) is 5.85. The van der Waals surface area contributed by atoms with E-state index in [-0.39, 0.29) is 16.8 Å². The van der Waals surface area contributed by atoms with Gasteiger partial charge < -0.3 is 14.2 Å². The molecule has 9 heteroatoms. The Morgan fingerprint density at radius 2 is 1.79 bits per heavy atom. The number of methoxy groups -OCH3 is 1. The number of imidazole rings is 1. The molecule has 0 aliphatic carbocycles. The molecule has 8 nitrogen and oxygen atoms in total. The highest BCUT2D eigenvalue weighted by atomic mass is 32.2. The summed E-state index contributed by atoms with van der Waals surface area (Å²) in [6, 6.07) is 5.32. The Morgan fingerprint density at radius 3 is 2.33 bits per heavy atom. The van der Waals surface area contributed by atoms with E-state index in [9.17, 15) is 13.2 Å². The van der Waals surface area contributed by atoms with Crippen LogP contribution in [0.15, 0.2) is 23.1 Å². The number of benzene rings is 1. The SMILES string of the molecule is CCC(CC)N(CCOC)C(=O)CCc1nc2cc(S(=O)(=O)N(CC)CC)ccc2n1CC. The molecule has 1 amide bonds. The smallest absolute Gasteiger partial charge is 0.243 e. The zero-order chi connectivity index (χ0) is 24.6. The van der Waals surface area contributed by atoms with Crippen molar-refractivity contribution in [3.63, 3.8) is 0 Å². The largest absolute Gasteiger partial charge is 0.383 e. The van der Waals surface area contributed by atoms with Gasteiger partial charge in [-0.1, -0.05) is 27.7 Å². The van der Waals surface area contributed by atoms with Crippen molar-refractivity contribution in [3.05, 3.63) is 24.0 Å². The van der Waals surface area contributed by atoms with Crippen LogP contribution in [0.4, 0.5) is 0 Å². The number of hydrogen-bond acceptors (Lipinski definition) is 5. The number of ether oxygens (including phenoxy) is 1. The number of sulfonamides is 1. The first-order valence-corrected chi connectivity index (χ1v) is 13.5. The van der Waals surface area contributed by atoms with E-state index in [0.29, 0.717) is 51.1 Å². The number of rotatable bonds is 14. The molecule has 0 spiro atoms. The number of amides is 1. The second-order valence-electron chi connectivity index (χ2n) is 8.06. The van der Waals surface area contributed by atoms with E-state index >= 15 is 0 Å². The summed E-state index contributed by atoms with van der Waals surface area (Å²) >= 11 is 0. The van der Waals surface area contributed by atoms with Gasteiger partial charge in [0, 0.05) is 52.2 Å². The third-order valence-electron chi connectivity index (χ3n) is 6.26. The second-order valence-corrected chi connectivity index (χ2v) is 10.0. The molecule has 0 atom stereocenters. The monoisotopic (exact) mass is 480 g/mol. The van der Waals surface area contributed by atoms with Crippen LogP contribution in [-0.4, -0.2) is 72.5 Å². The number of aryl methyl sites for hydroxylation is 2. The Kier molecular flexibility index (Phi) is 10.3. The Balaban J connectivity index is 2.30. The minimum absolute atomic E-state index is 0.0975. The predicted octanol–water partition coefficient (Wildman–Crippen LogP) is 3.68. The number of carbonyl (C=O) groups is 1. The van der Waals surface area contributed by atoms with E-state index in [2.05, 4.69) is 18.4 Å². The molecule has 0 N–H and O–H groups in total. The van der Waals surface area contributed by atoms with Crippen molar-refractivity contribution in [1.82, 2.24) is 18.8 Å². The number of fused-ring (bicyclic) bond motifs is 1. The third-order valence-corrected chi connectivity index (χ3v) is 8.31. The van der Waals surface area contributed by atoms with Crippen LogP contribution in [0.5, 0.6) is 0 Å². The van der Waals surface area contributed by atoms with Gasteiger partial charge in [-0.3, -0.25) is 4.79 Å². The van der Waals surface area contributed by atoms with Gasteiger partial charge in [-0.2, -0.15) is 4.31 Å². The first-order valence-electron chi connectivity index (χ1n) is 12.1. The first-order chi connectivity index (χ1) is 15.8. The minimum Gasteiger partial charge on any atom is -0.383 e. The van der Waals surface area contributed by atoms with Crippen LogP contribution in [-0.2, 0) is 32.5 Å². The van der Waals surface area contributed by atoms with Crippen molar-refractivity contribution in [2.75, 3.05) is 33.4 Å². The van der Waals surface area contributed by atoms with Crippen LogP contribution in [0, 0.1) is 0 Å². The lowest BCUT2D eigenvalue weighted by atomic mass is 10.1. The standard InChI is InChI=1S/C24H40N4O4S/c1-7-19(8-2)28(16-17-32-6)24(29)15-14-23-25-21-18-20(12-13-22(21)27(23)11-5)33(30,31)26(9-3)10-4/h12-13,18-19H,7-11,14-17H2,1-6H3. The fourth-order valence-electron chi connectivity index (χ4n) is 4.37. The summed E-state index contributed by atoms with van der Waals surface area (Å²) in [5.74, 6) is 0.898. The molecule has 2 aromatic rings. The van der Waals surface area contributed by atoms with E-state index in [4.69, 9.17) is 9.72 Å². The van der Waals surface area contributed by atoms with Crippen LogP contribution in [0.25, 0.3) is 11.0 Å². The maximum Gasteiger partial charge on any atom is 0.243 e. The Morgan fingerprint density at radius 1 is 1.12 bits per heavy atom. The molecule has 0 unspecified atom stereocenters. The van der Waals surface area contributed by atoms with Crippen molar-refractivity contribution in [2.24, 2.45) is 0 Å². The zero-order valence-corrected chi connectivity index (χ0v) is 21.8. The summed E-state index contributed by atoms with van der Waals surface area (Å²) in [5, 5.41) is 0. The highest BCUT2D eigenvalue weighted by molar-refractivity contribution is 7.89. The summed E-state index contributed by atoms with van der Waals surface area (Å²) in [7, 11) is -1.91. The van der Waals surface area contributed by atoms with Gasteiger partial charge in [0.2, 0.25) is 15.9 Å². The summed E-state index contributed by atoms with van der Waals surface area (Å²) in [4.78, 5) is 20.0. The topological polar surface area (TPSA) is 84.7 Å². The lowest BCUT2D eigenvalue weighted by molar-refractivity contribution is -0.134. The van der Waals surface area contributed by atoms with Gasteiger partial charge in [0.15, 0.2) is 0 Å². The lowest BCUT2D eigenvalue weighted by Gasteiger charge is -2.30. The normalized spacial score (nSPS) is 12.2. The van der Waals surface area contributed by atoms with Crippen LogP contribution in [0.1, 0.15) is 59.7 Å². The van der Waals surface area contributed by atoms with E-state index in [1.54, 1.807) is 19.2 Å². The zero-order valence-electron chi connectivity index (χ0n) is 21.0. The van der Waals surface area contributed by atoms with Crippen molar-refractivity contribution >= 4 is 27.0 Å². The first kappa shape index (κ1) is 27.3. The molecular formula is C24H40N4O4S. The van der Waals surface area contributed by atoms with Gasteiger partial charge in [0.1, 0.15) is 5.82 Å². The van der Waals surface area contributed by atoms with Crippen molar-refractivity contribution in [2.45, 2.75) is 77.8 Å². The molecule has 1 aromatic heterocycles. The molecule has 0 aliphatic rings. The number of carbonyl (C=O) groups excluding carboxylic acids is 1. The Hall–Kier alpha value is -1.97. The number of aromatic nitrogens is 2. The van der Waals surface area contributed by atoms with Gasteiger partial charge in [0.25, 0.3) is 0 Å². The molecule has 2 rings (SSSR count). The molecule has 1 heterocycles. The van der Waals surface area contributed by atoms with Gasteiger partial charge in [-0.15, -0.1) is 0 Å². The molecule has 0 saturated carbocycles. The van der Waals surface area contributed by atoms with Crippen LogP contribution in [0.3, 0.4) is 0 Å². The maximum absolute atomic E-state index is 13.1. The molecule has 0 saturated heterocycles. The Labute approximate surface area is 199 Å². The molecule has 186 valence electrons.